The molecule has 0 aliphatic heterocycles. The fraction of sp³-hybridized carbons (Fsp3) is 0.400. The van der Waals surface area contributed by atoms with Gasteiger partial charge in [0.25, 0.3) is 0 Å². The third-order valence-electron chi connectivity index (χ3n) is 4.09. The fourth-order valence-electron chi connectivity index (χ4n) is 2.72. The summed E-state index contributed by atoms with van der Waals surface area (Å²) in [5.74, 6) is 1.80. The summed E-state index contributed by atoms with van der Waals surface area (Å²) in [5, 5.41) is 0. The highest BCUT2D eigenvalue weighted by atomic mass is 16.5. The smallest absolute Gasteiger partial charge is 0.122 e. The van der Waals surface area contributed by atoms with Gasteiger partial charge in [0.2, 0.25) is 0 Å². The molecule has 0 spiro atoms. The van der Waals surface area contributed by atoms with Crippen molar-refractivity contribution < 1.29 is 4.74 Å². The monoisotopic (exact) mass is 295 g/mol. The highest BCUT2D eigenvalue weighted by Gasteiger charge is 2.22. The normalized spacial score (nSPS) is 15.5. The van der Waals surface area contributed by atoms with E-state index in [1.54, 1.807) is 0 Å². The first kappa shape index (κ1) is 15.1. The topological polar surface area (TPSA) is 35.2 Å². The minimum Gasteiger partial charge on any atom is -0.493 e. The van der Waals surface area contributed by atoms with E-state index in [4.69, 9.17) is 10.5 Å². The van der Waals surface area contributed by atoms with Crippen molar-refractivity contribution in [3.63, 3.8) is 0 Å². The summed E-state index contributed by atoms with van der Waals surface area (Å²) in [4.78, 5) is 0. The molecular formula is C20H25NO. The van der Waals surface area contributed by atoms with Crippen LogP contribution in [-0.4, -0.2) is 12.6 Å². The van der Waals surface area contributed by atoms with Gasteiger partial charge in [0, 0.05) is 12.5 Å². The maximum absolute atomic E-state index is 6.06. The molecule has 0 amide bonds. The zero-order valence-corrected chi connectivity index (χ0v) is 13.3. The van der Waals surface area contributed by atoms with Gasteiger partial charge < -0.3 is 10.5 Å². The molecule has 2 nitrogen and oxygen atoms in total. The van der Waals surface area contributed by atoms with E-state index >= 15 is 0 Å². The van der Waals surface area contributed by atoms with Crippen LogP contribution in [0.3, 0.4) is 0 Å². The number of hydrogen-bond acceptors (Lipinski definition) is 2. The Morgan fingerprint density at radius 1 is 1.09 bits per heavy atom. The number of rotatable bonds is 7. The molecule has 22 heavy (non-hydrogen) atoms. The molecule has 0 heterocycles. The van der Waals surface area contributed by atoms with Crippen molar-refractivity contribution in [3.8, 4) is 5.75 Å². The first-order valence-electron chi connectivity index (χ1n) is 8.25. The molecule has 1 atom stereocenters. The van der Waals surface area contributed by atoms with Crippen molar-refractivity contribution >= 4 is 0 Å². The average Bonchev–Trinajstić information content (AvgIpc) is 3.31. The van der Waals surface area contributed by atoms with Gasteiger partial charge in [-0.1, -0.05) is 42.5 Å². The molecule has 116 valence electrons. The number of benzene rings is 2. The van der Waals surface area contributed by atoms with Crippen LogP contribution in [0, 0.1) is 5.92 Å². The lowest BCUT2D eigenvalue weighted by Crippen LogP contribution is -2.17. The standard InChI is InChI=1S/C20H25NO/c1-15(21)11-18-9-10-20(22-14-17-7-8-17)19(13-18)12-16-5-3-2-4-6-16/h2-6,9-10,13,15,17H,7-8,11-12,14,21H2,1H3. The molecule has 1 unspecified atom stereocenters. The molecule has 2 aromatic carbocycles. The second kappa shape index (κ2) is 6.97. The van der Waals surface area contributed by atoms with Crippen LogP contribution in [0.15, 0.2) is 48.5 Å². The highest BCUT2D eigenvalue weighted by Crippen LogP contribution is 2.31. The van der Waals surface area contributed by atoms with Crippen LogP contribution >= 0.6 is 0 Å². The van der Waals surface area contributed by atoms with Gasteiger partial charge in [0.05, 0.1) is 6.61 Å². The first-order valence-corrected chi connectivity index (χ1v) is 8.25. The van der Waals surface area contributed by atoms with Gasteiger partial charge in [-0.3, -0.25) is 0 Å². The minimum atomic E-state index is 0.183. The summed E-state index contributed by atoms with van der Waals surface area (Å²) in [6, 6.07) is 17.3. The number of ether oxygens (including phenoxy) is 1. The van der Waals surface area contributed by atoms with Crippen LogP contribution in [0.5, 0.6) is 5.75 Å². The van der Waals surface area contributed by atoms with Gasteiger partial charge in [-0.25, -0.2) is 0 Å². The minimum absolute atomic E-state index is 0.183. The maximum atomic E-state index is 6.06. The van der Waals surface area contributed by atoms with Gasteiger partial charge in [0.15, 0.2) is 0 Å². The van der Waals surface area contributed by atoms with E-state index in [1.165, 1.54) is 29.5 Å². The zero-order valence-electron chi connectivity index (χ0n) is 13.3. The zero-order chi connectivity index (χ0) is 15.4. The largest absolute Gasteiger partial charge is 0.493 e. The van der Waals surface area contributed by atoms with Gasteiger partial charge in [-0.2, -0.15) is 0 Å². The fourth-order valence-corrected chi connectivity index (χ4v) is 2.72. The molecule has 2 N–H and O–H groups in total. The summed E-state index contributed by atoms with van der Waals surface area (Å²) >= 11 is 0. The van der Waals surface area contributed by atoms with Crippen LogP contribution < -0.4 is 10.5 Å². The Kier molecular flexibility index (Phi) is 4.79. The third-order valence-corrected chi connectivity index (χ3v) is 4.09. The Hall–Kier alpha value is -1.80. The molecule has 0 aromatic heterocycles. The van der Waals surface area contributed by atoms with Gasteiger partial charge >= 0.3 is 0 Å². The Morgan fingerprint density at radius 3 is 2.55 bits per heavy atom. The molecule has 0 saturated heterocycles. The van der Waals surface area contributed by atoms with Crippen molar-refractivity contribution in [2.24, 2.45) is 11.7 Å². The Balaban J connectivity index is 1.80. The van der Waals surface area contributed by atoms with Crippen molar-refractivity contribution in [2.45, 2.75) is 38.6 Å². The molecule has 0 radical (unpaired) electrons. The summed E-state index contributed by atoms with van der Waals surface area (Å²) in [7, 11) is 0. The highest BCUT2D eigenvalue weighted by molar-refractivity contribution is 5.41. The molecule has 1 aliphatic carbocycles. The first-order chi connectivity index (χ1) is 10.7. The van der Waals surface area contributed by atoms with Crippen LogP contribution in [0.25, 0.3) is 0 Å². The second-order valence-corrected chi connectivity index (χ2v) is 6.54. The van der Waals surface area contributed by atoms with Crippen LogP contribution in [-0.2, 0) is 12.8 Å². The average molecular weight is 295 g/mol. The Morgan fingerprint density at radius 2 is 1.86 bits per heavy atom. The summed E-state index contributed by atoms with van der Waals surface area (Å²) in [6.45, 7) is 2.91. The molecular weight excluding hydrogens is 270 g/mol. The molecule has 1 aliphatic rings. The molecule has 2 heteroatoms. The molecule has 3 rings (SSSR count). The van der Waals surface area contributed by atoms with E-state index in [-0.39, 0.29) is 6.04 Å². The Bertz CT molecular complexity index is 602. The van der Waals surface area contributed by atoms with Crippen LogP contribution in [0.4, 0.5) is 0 Å². The second-order valence-electron chi connectivity index (χ2n) is 6.54. The SMILES string of the molecule is CC(N)Cc1ccc(OCC2CC2)c(Cc2ccccc2)c1. The Labute approximate surface area is 133 Å². The van der Waals surface area contributed by atoms with E-state index in [2.05, 4.69) is 48.5 Å². The van der Waals surface area contributed by atoms with Gasteiger partial charge in [0.1, 0.15) is 5.75 Å². The lowest BCUT2D eigenvalue weighted by molar-refractivity contribution is 0.297. The summed E-state index contributed by atoms with van der Waals surface area (Å²) in [6.07, 6.45) is 4.45. The van der Waals surface area contributed by atoms with Gasteiger partial charge in [-0.05, 0) is 54.9 Å². The molecule has 1 fully saturated rings. The lowest BCUT2D eigenvalue weighted by Gasteiger charge is -2.14. The van der Waals surface area contributed by atoms with E-state index < -0.39 is 0 Å². The van der Waals surface area contributed by atoms with Crippen molar-refractivity contribution in [2.75, 3.05) is 6.61 Å². The predicted octanol–water partition coefficient (Wildman–Crippen LogP) is 3.96. The summed E-state index contributed by atoms with van der Waals surface area (Å²) in [5.41, 5.74) is 9.82. The lowest BCUT2D eigenvalue weighted by atomic mass is 9.99. The number of hydrogen-bond donors (Lipinski definition) is 1. The van der Waals surface area contributed by atoms with E-state index in [1.807, 2.05) is 6.92 Å². The van der Waals surface area contributed by atoms with E-state index in [0.29, 0.717) is 0 Å². The van der Waals surface area contributed by atoms with Crippen molar-refractivity contribution in [1.82, 2.24) is 0 Å². The third kappa shape index (κ3) is 4.35. The predicted molar refractivity (Wildman–Crippen MR) is 91.3 cm³/mol. The van der Waals surface area contributed by atoms with Crippen LogP contribution in [0.1, 0.15) is 36.5 Å². The van der Waals surface area contributed by atoms with Crippen molar-refractivity contribution in [1.29, 1.82) is 0 Å². The van der Waals surface area contributed by atoms with Gasteiger partial charge in [-0.15, -0.1) is 0 Å². The maximum Gasteiger partial charge on any atom is 0.122 e. The quantitative estimate of drug-likeness (QED) is 0.839. The molecule has 0 bridgehead atoms. The molecule has 2 aromatic rings. The molecule has 1 saturated carbocycles. The van der Waals surface area contributed by atoms with E-state index in [0.717, 1.165) is 31.1 Å². The van der Waals surface area contributed by atoms with E-state index in [9.17, 15) is 0 Å². The summed E-state index contributed by atoms with van der Waals surface area (Å²) < 4.78 is 6.06. The van der Waals surface area contributed by atoms with Crippen molar-refractivity contribution in [3.05, 3.63) is 65.2 Å². The number of nitrogens with two attached hydrogens (primary N) is 1. The van der Waals surface area contributed by atoms with Crippen LogP contribution in [0.2, 0.25) is 0 Å².